The number of carbonyl (C=O) groups is 6. The van der Waals surface area contributed by atoms with E-state index in [1.165, 1.54) is 12.1 Å². The van der Waals surface area contributed by atoms with Crippen LogP contribution in [0.15, 0.2) is 21.7 Å². The first-order valence-electron chi connectivity index (χ1n) is 36.7. The summed E-state index contributed by atoms with van der Waals surface area (Å²) in [7, 11) is 0. The number of aromatic amines is 2. The lowest BCUT2D eigenvalue weighted by Crippen LogP contribution is -2.36. The van der Waals surface area contributed by atoms with Crippen molar-refractivity contribution in [2.24, 2.45) is 0 Å². The van der Waals surface area contributed by atoms with E-state index in [2.05, 4.69) is 73.1 Å². The van der Waals surface area contributed by atoms with Crippen molar-refractivity contribution in [1.82, 2.24) is 62.5 Å². The van der Waals surface area contributed by atoms with E-state index < -0.39 is 24.2 Å². The lowest BCUT2D eigenvalue weighted by Gasteiger charge is -2.09. The summed E-state index contributed by atoms with van der Waals surface area (Å²) < 4.78 is 59.9. The van der Waals surface area contributed by atoms with Gasteiger partial charge in [-0.05, 0) is 65.2 Å². The normalized spacial score (nSPS) is 11.0. The van der Waals surface area contributed by atoms with Crippen LogP contribution < -0.4 is 64.3 Å². The van der Waals surface area contributed by atoms with Gasteiger partial charge in [0.25, 0.3) is 11.1 Å². The van der Waals surface area contributed by atoms with Gasteiger partial charge in [0.2, 0.25) is 11.9 Å². The number of carbonyl (C=O) groups excluding carboxylic acids is 6. The van der Waals surface area contributed by atoms with Gasteiger partial charge in [0.15, 0.2) is 0 Å². The number of hydrogen-bond acceptors (Lipinski definition) is 21. The van der Waals surface area contributed by atoms with Crippen molar-refractivity contribution in [1.29, 1.82) is 0 Å². The van der Waals surface area contributed by atoms with Crippen molar-refractivity contribution in [2.45, 2.75) is 168 Å². The zero-order chi connectivity index (χ0) is 72.8. The second kappa shape index (κ2) is 67.5. The van der Waals surface area contributed by atoms with E-state index in [1.807, 2.05) is 0 Å². The molecule has 0 aliphatic heterocycles. The molecule has 0 saturated heterocycles. The predicted molar refractivity (Wildman–Crippen MR) is 383 cm³/mol. The van der Waals surface area contributed by atoms with Crippen LogP contribution >= 0.6 is 0 Å². The SMILES string of the molecule is Cc1cc(=O)[nH]c(NC(=O)NCCCCCCNC(=O)NCCCCCCCCCCNC(=O)OCCOCCOCCOCCOCCOCCOCCOCCOCCOCCOC(=O)NCCCCCCCCCCNC(=O)NCCCCCCNC(=O)Nc2nc(C)cc(=O)[nH]2)n1. The second-order valence-corrected chi connectivity index (χ2v) is 23.7. The van der Waals surface area contributed by atoms with Gasteiger partial charge in [-0.2, -0.15) is 0 Å². The number of ether oxygens (including phenoxy) is 11. The minimum absolute atomic E-state index is 0.113. The molecule has 0 aromatic carbocycles. The quantitative estimate of drug-likeness (QED) is 0.0297. The second-order valence-electron chi connectivity index (χ2n) is 23.7. The molecule has 580 valence electrons. The van der Waals surface area contributed by atoms with Crippen molar-refractivity contribution < 1.29 is 80.9 Å². The van der Waals surface area contributed by atoms with Crippen molar-refractivity contribution in [3.63, 3.8) is 0 Å². The molecule has 0 saturated carbocycles. The Kier molecular flexibility index (Phi) is 60.2. The van der Waals surface area contributed by atoms with Gasteiger partial charge in [0.1, 0.15) is 13.2 Å². The molecule has 0 radical (unpaired) electrons. The Morgan fingerprint density at radius 2 is 0.465 bits per heavy atom. The maximum Gasteiger partial charge on any atom is 0.407 e. The molecule has 2 aromatic heterocycles. The van der Waals surface area contributed by atoms with E-state index >= 15 is 0 Å². The first kappa shape index (κ1) is 90.1. The number of urea groups is 4. The molecule has 0 atom stereocenters. The number of rotatable bonds is 68. The molecule has 0 bridgehead atoms. The van der Waals surface area contributed by atoms with E-state index in [0.717, 1.165) is 154 Å². The monoisotopic (exact) mass is 1440 g/mol. The number of aryl methyl sites for hydroxylation is 2. The Hall–Kier alpha value is -6.98. The predicted octanol–water partition coefficient (Wildman–Crippen LogP) is 6.98. The van der Waals surface area contributed by atoms with Crippen molar-refractivity contribution in [3.8, 4) is 0 Å². The summed E-state index contributed by atoms with van der Waals surface area (Å²) in [4.78, 5) is 108. The summed E-state index contributed by atoms with van der Waals surface area (Å²) in [5, 5.41) is 27.7. The molecule has 2 aromatic rings. The molecular formula is C68H124N14O19. The molecule has 0 unspecified atom stereocenters. The third kappa shape index (κ3) is 62.5. The summed E-state index contributed by atoms with van der Waals surface area (Å²) in [6, 6.07) is 1.55. The van der Waals surface area contributed by atoms with Crippen LogP contribution in [-0.2, 0) is 52.1 Å². The molecule has 33 nitrogen and oxygen atoms in total. The van der Waals surface area contributed by atoms with Crippen LogP contribution in [0.3, 0.4) is 0 Å². The average molecular weight is 1440 g/mol. The molecule has 12 N–H and O–H groups in total. The lowest BCUT2D eigenvalue weighted by atomic mass is 10.1. The number of H-pyrrole nitrogens is 2. The highest BCUT2D eigenvalue weighted by molar-refractivity contribution is 5.87. The fourth-order valence-electron chi connectivity index (χ4n) is 9.48. The van der Waals surface area contributed by atoms with Gasteiger partial charge >= 0.3 is 36.3 Å². The van der Waals surface area contributed by atoms with Crippen molar-refractivity contribution in [2.75, 3.05) is 195 Å². The Morgan fingerprint density at radius 1 is 0.277 bits per heavy atom. The molecule has 2 heterocycles. The summed E-state index contributed by atoms with van der Waals surface area (Å²) in [5.74, 6) is 0.226. The number of anilines is 2. The first-order valence-corrected chi connectivity index (χ1v) is 36.7. The summed E-state index contributed by atoms with van der Waals surface area (Å²) in [6.45, 7) is 15.8. The van der Waals surface area contributed by atoms with Gasteiger partial charge in [-0.3, -0.25) is 30.2 Å². The Labute approximate surface area is 596 Å². The lowest BCUT2D eigenvalue weighted by molar-refractivity contribution is -0.0262. The molecule has 0 aliphatic rings. The van der Waals surface area contributed by atoms with Gasteiger partial charge in [0, 0.05) is 75.9 Å². The van der Waals surface area contributed by atoms with E-state index in [0.29, 0.717) is 169 Å². The Morgan fingerprint density at radius 3 is 0.683 bits per heavy atom. The zero-order valence-corrected chi connectivity index (χ0v) is 60.6. The van der Waals surface area contributed by atoms with Gasteiger partial charge < -0.3 is 94.6 Å². The third-order valence-corrected chi connectivity index (χ3v) is 14.8. The standard InChI is InChI=1S/C68H124N14O19/c1-57-55-59(83)79-61(77-57)81-65(87)73-31-23-17-15-21-29-71-63(85)69-27-19-11-7-3-5-9-13-25-33-75-67(89)100-53-51-98-49-47-96-45-43-94-41-39-92-37-35-91-36-38-93-40-42-95-44-46-97-48-50-99-52-54-101-68(90)76-34-26-14-10-6-4-8-12-20-28-70-64(86)72-30-22-16-18-24-32-74-66(88)82-62-78-58(2)56-60(84)80-62/h55-56H,3-54H2,1-2H3,(H,75,89)(H,76,90)(H2,69,71,85)(H2,70,72,86)(H3,73,77,79,81,83,87)(H3,74,78,80,82,84,88). The number of amides is 10. The molecule has 0 spiro atoms. The molecule has 33 heteroatoms. The van der Waals surface area contributed by atoms with Gasteiger partial charge in [-0.25, -0.2) is 38.7 Å². The van der Waals surface area contributed by atoms with Crippen LogP contribution in [-0.4, -0.2) is 241 Å². The van der Waals surface area contributed by atoms with Gasteiger partial charge in [-0.1, -0.05) is 103 Å². The number of aromatic nitrogens is 4. The topological polar surface area (TPSA) is 416 Å². The largest absolute Gasteiger partial charge is 0.447 e. The van der Waals surface area contributed by atoms with Crippen LogP contribution in [0.25, 0.3) is 0 Å². The molecular weight excluding hydrogens is 1320 g/mol. The fraction of sp³-hybridized carbons (Fsp3) is 0.794. The summed E-state index contributed by atoms with van der Waals surface area (Å²) in [6.07, 6.45) is 23.0. The van der Waals surface area contributed by atoms with Gasteiger partial charge in [0.05, 0.1) is 119 Å². The van der Waals surface area contributed by atoms with Gasteiger partial charge in [-0.15, -0.1) is 0 Å². The van der Waals surface area contributed by atoms with E-state index in [9.17, 15) is 38.4 Å². The van der Waals surface area contributed by atoms with Crippen molar-refractivity contribution in [3.05, 3.63) is 44.2 Å². The molecule has 0 aliphatic carbocycles. The Bertz CT molecular complexity index is 2340. The molecule has 0 fully saturated rings. The fourth-order valence-corrected chi connectivity index (χ4v) is 9.48. The van der Waals surface area contributed by atoms with E-state index in [-0.39, 0.29) is 61.5 Å². The first-order chi connectivity index (χ1) is 49.4. The number of alkyl carbamates (subject to hydrolysis) is 2. The third-order valence-electron chi connectivity index (χ3n) is 14.8. The number of nitrogens with one attached hydrogen (secondary N) is 12. The van der Waals surface area contributed by atoms with E-state index in [1.54, 1.807) is 13.8 Å². The summed E-state index contributed by atoms with van der Waals surface area (Å²) >= 11 is 0. The van der Waals surface area contributed by atoms with Crippen LogP contribution in [0.4, 0.5) is 40.7 Å². The Balaban J connectivity index is 1.14. The minimum atomic E-state index is -0.445. The average Bonchev–Trinajstić information content (AvgIpc) is 0.909. The maximum atomic E-state index is 12.0. The molecule has 10 amide bonds. The zero-order valence-electron chi connectivity index (χ0n) is 60.6. The highest BCUT2D eigenvalue weighted by Gasteiger charge is 2.09. The highest BCUT2D eigenvalue weighted by atomic mass is 16.6. The van der Waals surface area contributed by atoms with Crippen LogP contribution in [0.2, 0.25) is 0 Å². The molecule has 101 heavy (non-hydrogen) atoms. The maximum absolute atomic E-state index is 12.0. The van der Waals surface area contributed by atoms with E-state index in [4.69, 9.17) is 52.1 Å². The number of hydrogen-bond donors (Lipinski definition) is 12. The number of nitrogens with zero attached hydrogens (tertiary/aromatic N) is 2. The van der Waals surface area contributed by atoms with Crippen molar-refractivity contribution >= 4 is 48.2 Å². The highest BCUT2D eigenvalue weighted by Crippen LogP contribution is 2.10. The van der Waals surface area contributed by atoms with Crippen LogP contribution in [0.1, 0.15) is 165 Å². The minimum Gasteiger partial charge on any atom is -0.447 e. The van der Waals surface area contributed by atoms with Crippen LogP contribution in [0.5, 0.6) is 0 Å². The smallest absolute Gasteiger partial charge is 0.407 e. The van der Waals surface area contributed by atoms with Crippen LogP contribution in [0, 0.1) is 13.8 Å². The number of unbranched alkanes of at least 4 members (excludes halogenated alkanes) is 20. The molecule has 2 rings (SSSR count). The summed E-state index contributed by atoms with van der Waals surface area (Å²) in [5.41, 5.74) is 0.387.